The summed E-state index contributed by atoms with van der Waals surface area (Å²) >= 11 is 3.47. The standard InChI is InChI=1S/C12H16BrNO2/c13-12-4-3-10(15)6-9(12)7-14-5-1-2-11(16)8-14/h3-4,6,11,15-16H,1-2,5,7-8H2. The summed E-state index contributed by atoms with van der Waals surface area (Å²) in [6.07, 6.45) is 1.74. The van der Waals surface area contributed by atoms with E-state index in [9.17, 15) is 10.2 Å². The maximum atomic E-state index is 9.58. The molecule has 1 heterocycles. The molecule has 3 nitrogen and oxygen atoms in total. The van der Waals surface area contributed by atoms with Crippen LogP contribution in [-0.2, 0) is 6.54 Å². The average Bonchev–Trinajstić information content (AvgIpc) is 2.24. The van der Waals surface area contributed by atoms with Crippen LogP contribution in [0.25, 0.3) is 0 Å². The van der Waals surface area contributed by atoms with E-state index >= 15 is 0 Å². The fourth-order valence-corrected chi connectivity index (χ4v) is 2.47. The van der Waals surface area contributed by atoms with E-state index < -0.39 is 0 Å². The summed E-state index contributed by atoms with van der Waals surface area (Å²) in [6, 6.07) is 5.29. The minimum atomic E-state index is -0.204. The van der Waals surface area contributed by atoms with E-state index in [0.717, 1.165) is 42.5 Å². The summed E-state index contributed by atoms with van der Waals surface area (Å²) in [4.78, 5) is 2.22. The second-order valence-corrected chi connectivity index (χ2v) is 5.16. The van der Waals surface area contributed by atoms with E-state index in [1.165, 1.54) is 0 Å². The number of aliphatic hydroxyl groups excluding tert-OH is 1. The van der Waals surface area contributed by atoms with Gasteiger partial charge in [0.05, 0.1) is 6.10 Å². The van der Waals surface area contributed by atoms with Gasteiger partial charge in [0.2, 0.25) is 0 Å². The quantitative estimate of drug-likeness (QED) is 0.875. The zero-order valence-electron chi connectivity index (χ0n) is 9.06. The van der Waals surface area contributed by atoms with Crippen molar-refractivity contribution in [2.75, 3.05) is 13.1 Å². The Kier molecular flexibility index (Phi) is 3.84. The van der Waals surface area contributed by atoms with E-state index in [4.69, 9.17) is 0 Å². The summed E-state index contributed by atoms with van der Waals surface area (Å²) in [5.41, 5.74) is 1.06. The molecule has 1 aromatic rings. The molecule has 1 aliphatic heterocycles. The van der Waals surface area contributed by atoms with E-state index in [2.05, 4.69) is 20.8 Å². The van der Waals surface area contributed by atoms with Crippen LogP contribution in [0.3, 0.4) is 0 Å². The third kappa shape index (κ3) is 2.97. The van der Waals surface area contributed by atoms with E-state index in [-0.39, 0.29) is 11.9 Å². The lowest BCUT2D eigenvalue weighted by molar-refractivity contribution is 0.0667. The molecule has 16 heavy (non-hydrogen) atoms. The van der Waals surface area contributed by atoms with Crippen molar-refractivity contribution in [3.8, 4) is 5.75 Å². The Balaban J connectivity index is 2.05. The van der Waals surface area contributed by atoms with Gasteiger partial charge in [0.15, 0.2) is 0 Å². The molecule has 2 N–H and O–H groups in total. The number of hydrogen-bond donors (Lipinski definition) is 2. The lowest BCUT2D eigenvalue weighted by Crippen LogP contribution is -2.37. The SMILES string of the molecule is Oc1ccc(Br)c(CN2CCCC(O)C2)c1. The van der Waals surface area contributed by atoms with Crippen LogP contribution in [0, 0.1) is 0 Å². The van der Waals surface area contributed by atoms with E-state index in [1.54, 1.807) is 12.1 Å². The molecule has 0 aromatic heterocycles. The predicted octanol–water partition coefficient (Wildman–Crippen LogP) is 2.11. The Labute approximate surface area is 104 Å². The van der Waals surface area contributed by atoms with Gasteiger partial charge in [-0.1, -0.05) is 15.9 Å². The van der Waals surface area contributed by atoms with Gasteiger partial charge in [0, 0.05) is 17.6 Å². The molecule has 1 aliphatic rings. The molecule has 0 amide bonds. The number of nitrogens with zero attached hydrogens (tertiary/aromatic N) is 1. The fourth-order valence-electron chi connectivity index (χ4n) is 2.10. The largest absolute Gasteiger partial charge is 0.508 e. The second kappa shape index (κ2) is 5.17. The summed E-state index contributed by atoms with van der Waals surface area (Å²) in [5.74, 6) is 0.288. The predicted molar refractivity (Wildman–Crippen MR) is 66.3 cm³/mol. The number of piperidine rings is 1. The number of aromatic hydroxyl groups is 1. The Hall–Kier alpha value is -0.580. The normalized spacial score (nSPS) is 22.2. The molecule has 0 saturated carbocycles. The molecule has 0 spiro atoms. The summed E-state index contributed by atoms with van der Waals surface area (Å²) < 4.78 is 1.00. The zero-order chi connectivity index (χ0) is 11.5. The third-order valence-electron chi connectivity index (χ3n) is 2.90. The number of rotatable bonds is 2. The second-order valence-electron chi connectivity index (χ2n) is 4.31. The van der Waals surface area contributed by atoms with E-state index in [0.29, 0.717) is 0 Å². The van der Waals surface area contributed by atoms with Gasteiger partial charge in [0.25, 0.3) is 0 Å². The lowest BCUT2D eigenvalue weighted by atomic mass is 10.1. The Morgan fingerprint density at radius 1 is 1.44 bits per heavy atom. The molecule has 0 aliphatic carbocycles. The topological polar surface area (TPSA) is 43.7 Å². The molecule has 1 saturated heterocycles. The van der Waals surface area contributed by atoms with Crippen LogP contribution in [0.2, 0.25) is 0 Å². The molecule has 4 heteroatoms. The third-order valence-corrected chi connectivity index (χ3v) is 3.68. The Morgan fingerprint density at radius 2 is 2.25 bits per heavy atom. The maximum absolute atomic E-state index is 9.58. The maximum Gasteiger partial charge on any atom is 0.115 e. The number of halogens is 1. The van der Waals surface area contributed by atoms with Gasteiger partial charge in [-0.05, 0) is 43.1 Å². The summed E-state index contributed by atoms with van der Waals surface area (Å²) in [6.45, 7) is 2.51. The number of aliphatic hydroxyl groups is 1. The summed E-state index contributed by atoms with van der Waals surface area (Å²) in [5, 5.41) is 19.0. The van der Waals surface area contributed by atoms with Gasteiger partial charge in [-0.15, -0.1) is 0 Å². The molecule has 1 aromatic carbocycles. The van der Waals surface area contributed by atoms with Crippen LogP contribution in [0.15, 0.2) is 22.7 Å². The first-order valence-corrected chi connectivity index (χ1v) is 6.32. The van der Waals surface area contributed by atoms with Crippen LogP contribution in [-0.4, -0.2) is 34.3 Å². The Morgan fingerprint density at radius 3 is 3.00 bits per heavy atom. The van der Waals surface area contributed by atoms with Crippen LogP contribution in [0.4, 0.5) is 0 Å². The van der Waals surface area contributed by atoms with Gasteiger partial charge in [-0.25, -0.2) is 0 Å². The number of likely N-dealkylation sites (tertiary alicyclic amines) is 1. The molecule has 1 unspecified atom stereocenters. The fraction of sp³-hybridized carbons (Fsp3) is 0.500. The van der Waals surface area contributed by atoms with Gasteiger partial charge in [-0.3, -0.25) is 4.90 Å². The first-order valence-electron chi connectivity index (χ1n) is 5.53. The number of benzene rings is 1. The number of phenols is 1. The minimum absolute atomic E-state index is 0.204. The van der Waals surface area contributed by atoms with Crippen molar-refractivity contribution in [1.29, 1.82) is 0 Å². The lowest BCUT2D eigenvalue weighted by Gasteiger charge is -2.30. The molecule has 0 radical (unpaired) electrons. The van der Waals surface area contributed by atoms with Crippen molar-refractivity contribution in [1.82, 2.24) is 4.90 Å². The van der Waals surface area contributed by atoms with Gasteiger partial charge in [-0.2, -0.15) is 0 Å². The van der Waals surface area contributed by atoms with Crippen LogP contribution in [0.5, 0.6) is 5.75 Å². The van der Waals surface area contributed by atoms with Crippen molar-refractivity contribution in [2.24, 2.45) is 0 Å². The van der Waals surface area contributed by atoms with Gasteiger partial charge in [0.1, 0.15) is 5.75 Å². The number of hydrogen-bond acceptors (Lipinski definition) is 3. The molecular formula is C12H16BrNO2. The first-order chi connectivity index (χ1) is 7.65. The van der Waals surface area contributed by atoms with Crippen LogP contribution in [0.1, 0.15) is 18.4 Å². The van der Waals surface area contributed by atoms with Crippen molar-refractivity contribution in [3.05, 3.63) is 28.2 Å². The van der Waals surface area contributed by atoms with Crippen molar-refractivity contribution in [2.45, 2.75) is 25.5 Å². The Bertz CT molecular complexity index is 370. The molecule has 88 valence electrons. The molecule has 1 fully saturated rings. The molecular weight excluding hydrogens is 270 g/mol. The smallest absolute Gasteiger partial charge is 0.115 e. The molecule has 0 bridgehead atoms. The highest BCUT2D eigenvalue weighted by atomic mass is 79.9. The number of phenolic OH excluding ortho intramolecular Hbond substituents is 1. The molecule has 2 rings (SSSR count). The monoisotopic (exact) mass is 285 g/mol. The van der Waals surface area contributed by atoms with Gasteiger partial charge >= 0.3 is 0 Å². The minimum Gasteiger partial charge on any atom is -0.508 e. The molecule has 1 atom stereocenters. The van der Waals surface area contributed by atoms with Crippen molar-refractivity contribution >= 4 is 15.9 Å². The first kappa shape index (κ1) is 11.9. The summed E-state index contributed by atoms with van der Waals surface area (Å²) in [7, 11) is 0. The van der Waals surface area contributed by atoms with Crippen LogP contribution < -0.4 is 0 Å². The van der Waals surface area contributed by atoms with Crippen LogP contribution >= 0.6 is 15.9 Å². The van der Waals surface area contributed by atoms with Crippen molar-refractivity contribution < 1.29 is 10.2 Å². The highest BCUT2D eigenvalue weighted by Crippen LogP contribution is 2.24. The van der Waals surface area contributed by atoms with Gasteiger partial charge < -0.3 is 10.2 Å². The van der Waals surface area contributed by atoms with Crippen molar-refractivity contribution in [3.63, 3.8) is 0 Å². The average molecular weight is 286 g/mol. The van der Waals surface area contributed by atoms with E-state index in [1.807, 2.05) is 6.07 Å². The highest BCUT2D eigenvalue weighted by Gasteiger charge is 2.18. The highest BCUT2D eigenvalue weighted by molar-refractivity contribution is 9.10. The zero-order valence-corrected chi connectivity index (χ0v) is 10.7. The number of β-amino-alcohol motifs (C(OH)–C–C–N with tert-alkyl or cyclic N) is 1.